The first kappa shape index (κ1) is 30.2. The molecule has 1 aliphatic heterocycles. The van der Waals surface area contributed by atoms with Gasteiger partial charge in [0, 0.05) is 24.0 Å². The van der Waals surface area contributed by atoms with Crippen LogP contribution >= 0.6 is 11.6 Å². The number of likely N-dealkylation sites (tertiary alicyclic amines) is 1. The summed E-state index contributed by atoms with van der Waals surface area (Å²) in [7, 11) is 0. The summed E-state index contributed by atoms with van der Waals surface area (Å²) in [5, 5.41) is 7.83. The Balaban J connectivity index is 1.46. The quantitative estimate of drug-likeness (QED) is 0.318. The average Bonchev–Trinajstić information content (AvgIpc) is 3.35. The highest BCUT2D eigenvalue weighted by Crippen LogP contribution is 2.33. The minimum atomic E-state index is -4.47. The molecule has 0 bridgehead atoms. The third kappa shape index (κ3) is 7.93. The van der Waals surface area contributed by atoms with Gasteiger partial charge in [-0.2, -0.15) is 18.3 Å². The molecule has 220 valence electrons. The Morgan fingerprint density at radius 2 is 1.76 bits per heavy atom. The van der Waals surface area contributed by atoms with E-state index in [2.05, 4.69) is 10.4 Å². The van der Waals surface area contributed by atoms with Gasteiger partial charge in [0.1, 0.15) is 18.0 Å². The maximum Gasteiger partial charge on any atom is 0.416 e. The van der Waals surface area contributed by atoms with Crippen LogP contribution in [-0.2, 0) is 10.9 Å². The van der Waals surface area contributed by atoms with Crippen molar-refractivity contribution in [1.29, 1.82) is 0 Å². The summed E-state index contributed by atoms with van der Waals surface area (Å²) in [5.74, 6) is -0.404. The summed E-state index contributed by atoms with van der Waals surface area (Å²) in [6.45, 7) is 6.40. The zero-order valence-corrected chi connectivity index (χ0v) is 23.8. The number of nitrogens with one attached hydrogen (secondary N) is 1. The molecule has 0 unspecified atom stereocenters. The van der Waals surface area contributed by atoms with Gasteiger partial charge in [-0.1, -0.05) is 17.7 Å². The van der Waals surface area contributed by atoms with E-state index in [0.29, 0.717) is 42.2 Å². The van der Waals surface area contributed by atoms with Gasteiger partial charge in [0.05, 0.1) is 35.2 Å². The Kier molecular flexibility index (Phi) is 9.16. The highest BCUT2D eigenvalue weighted by atomic mass is 35.5. The summed E-state index contributed by atoms with van der Waals surface area (Å²) >= 11 is 6.07. The Bertz CT molecular complexity index is 1360. The normalized spacial score (nSPS) is 14.6. The van der Waals surface area contributed by atoms with Crippen LogP contribution in [0.25, 0.3) is 5.69 Å². The van der Waals surface area contributed by atoms with Crippen LogP contribution in [0.5, 0.6) is 5.75 Å². The summed E-state index contributed by atoms with van der Waals surface area (Å²) < 4.78 is 51.5. The van der Waals surface area contributed by atoms with Gasteiger partial charge in [0.2, 0.25) is 0 Å². The fraction of sp³-hybridized carbons (Fsp3) is 0.414. The number of rotatable bonds is 7. The third-order valence-corrected chi connectivity index (χ3v) is 6.73. The molecule has 1 N–H and O–H groups in total. The van der Waals surface area contributed by atoms with E-state index in [1.807, 2.05) is 20.8 Å². The third-order valence-electron chi connectivity index (χ3n) is 6.47. The molecule has 3 aromatic rings. The summed E-state index contributed by atoms with van der Waals surface area (Å²) in [5.41, 5.74) is 0.390. The van der Waals surface area contributed by atoms with E-state index in [9.17, 15) is 22.8 Å². The summed E-state index contributed by atoms with van der Waals surface area (Å²) in [6, 6.07) is 11.7. The number of hydrogen-bond donors (Lipinski definition) is 1. The number of nitrogens with zero attached hydrogens (tertiary/aromatic N) is 3. The van der Waals surface area contributed by atoms with Gasteiger partial charge in [-0.3, -0.25) is 4.79 Å². The number of hydrogen-bond acceptors (Lipinski definition) is 5. The molecule has 2 amide bonds. The molecule has 0 aliphatic carbocycles. The zero-order chi connectivity index (χ0) is 29.8. The molecule has 12 heteroatoms. The summed E-state index contributed by atoms with van der Waals surface area (Å²) in [6.07, 6.45) is -2.17. The number of piperidine rings is 1. The summed E-state index contributed by atoms with van der Waals surface area (Å²) in [4.78, 5) is 27.5. The maximum absolute atomic E-state index is 13.3. The molecule has 0 saturated carbocycles. The highest BCUT2D eigenvalue weighted by Gasteiger charge is 2.32. The van der Waals surface area contributed by atoms with E-state index in [4.69, 9.17) is 21.1 Å². The molecular weight excluding hydrogens is 561 g/mol. The SMILES string of the molecule is CC(C)(C)OC(=O)N1CCC(c2c(C(=O)NCCOc3cccc(C(F)(F)F)c3)cnn2-c2ccc(Cl)cc2)CC1. The first-order valence-corrected chi connectivity index (χ1v) is 13.6. The largest absolute Gasteiger partial charge is 0.492 e. The standard InChI is InChI=1S/C29H32ClF3N4O4/c1-28(2,3)41-27(39)36-14-11-19(12-15-36)25-24(18-35-37(25)22-9-7-21(30)8-10-22)26(38)34-13-16-40-23-6-4-5-20(17-23)29(31,32)33/h4-10,17-19H,11-16H2,1-3H3,(H,34,38). The Labute approximate surface area is 241 Å². The van der Waals surface area contributed by atoms with Gasteiger partial charge in [0.25, 0.3) is 5.91 Å². The molecular formula is C29H32ClF3N4O4. The van der Waals surface area contributed by atoms with E-state index in [1.54, 1.807) is 33.8 Å². The molecule has 0 atom stereocenters. The monoisotopic (exact) mass is 592 g/mol. The molecule has 0 radical (unpaired) electrons. The second-order valence-corrected chi connectivity index (χ2v) is 11.1. The van der Waals surface area contributed by atoms with Crippen LogP contribution < -0.4 is 10.1 Å². The van der Waals surface area contributed by atoms with Crippen LogP contribution in [0.4, 0.5) is 18.0 Å². The van der Waals surface area contributed by atoms with Crippen LogP contribution in [0.15, 0.2) is 54.7 Å². The lowest BCUT2D eigenvalue weighted by molar-refractivity contribution is -0.137. The van der Waals surface area contributed by atoms with Crippen molar-refractivity contribution in [2.24, 2.45) is 0 Å². The fourth-order valence-electron chi connectivity index (χ4n) is 4.57. The Morgan fingerprint density at radius 1 is 1.07 bits per heavy atom. The number of aromatic nitrogens is 2. The number of amides is 2. The number of carbonyl (C=O) groups excluding carboxylic acids is 2. The van der Waals surface area contributed by atoms with Crippen LogP contribution in [-0.4, -0.2) is 58.5 Å². The minimum absolute atomic E-state index is 0.0258. The van der Waals surface area contributed by atoms with Crippen molar-refractivity contribution < 1.29 is 32.2 Å². The molecule has 8 nitrogen and oxygen atoms in total. The van der Waals surface area contributed by atoms with Gasteiger partial charge >= 0.3 is 12.3 Å². The molecule has 4 rings (SSSR count). The topological polar surface area (TPSA) is 85.7 Å². The fourth-order valence-corrected chi connectivity index (χ4v) is 4.69. The lowest BCUT2D eigenvalue weighted by Crippen LogP contribution is -2.41. The smallest absolute Gasteiger partial charge is 0.416 e. The van der Waals surface area contributed by atoms with Crippen LogP contribution in [0.2, 0.25) is 5.02 Å². The highest BCUT2D eigenvalue weighted by molar-refractivity contribution is 6.30. The molecule has 1 aliphatic rings. The van der Waals surface area contributed by atoms with Crippen molar-refractivity contribution in [2.75, 3.05) is 26.2 Å². The van der Waals surface area contributed by atoms with E-state index in [-0.39, 0.29) is 36.8 Å². The van der Waals surface area contributed by atoms with E-state index < -0.39 is 17.3 Å². The maximum atomic E-state index is 13.3. The number of benzene rings is 2. The second kappa shape index (κ2) is 12.4. The number of ether oxygens (including phenoxy) is 2. The molecule has 2 aromatic carbocycles. The van der Waals surface area contributed by atoms with Crippen LogP contribution in [0.3, 0.4) is 0 Å². The lowest BCUT2D eigenvalue weighted by atomic mass is 9.91. The van der Waals surface area contributed by atoms with Crippen molar-refractivity contribution in [3.05, 3.63) is 76.6 Å². The predicted molar refractivity (Wildman–Crippen MR) is 148 cm³/mol. The van der Waals surface area contributed by atoms with Crippen molar-refractivity contribution in [3.63, 3.8) is 0 Å². The number of carbonyl (C=O) groups is 2. The Hall–Kier alpha value is -3.73. The molecule has 2 heterocycles. The first-order chi connectivity index (χ1) is 19.3. The first-order valence-electron chi connectivity index (χ1n) is 13.2. The van der Waals surface area contributed by atoms with E-state index in [0.717, 1.165) is 17.8 Å². The number of halogens is 4. The zero-order valence-electron chi connectivity index (χ0n) is 23.0. The van der Waals surface area contributed by atoms with Gasteiger partial charge < -0.3 is 19.7 Å². The van der Waals surface area contributed by atoms with Gasteiger partial charge in [0.15, 0.2) is 0 Å². The minimum Gasteiger partial charge on any atom is -0.492 e. The van der Waals surface area contributed by atoms with Gasteiger partial charge in [-0.05, 0) is 76.1 Å². The van der Waals surface area contributed by atoms with Gasteiger partial charge in [-0.15, -0.1) is 0 Å². The van der Waals surface area contributed by atoms with Gasteiger partial charge in [-0.25, -0.2) is 9.48 Å². The number of alkyl halides is 3. The van der Waals surface area contributed by atoms with Crippen molar-refractivity contribution in [2.45, 2.75) is 51.3 Å². The second-order valence-electron chi connectivity index (χ2n) is 10.7. The predicted octanol–water partition coefficient (Wildman–Crippen LogP) is 6.47. The molecule has 1 aromatic heterocycles. The van der Waals surface area contributed by atoms with Crippen molar-refractivity contribution >= 4 is 23.6 Å². The Morgan fingerprint density at radius 3 is 2.39 bits per heavy atom. The van der Waals surface area contributed by atoms with E-state index >= 15 is 0 Å². The molecule has 41 heavy (non-hydrogen) atoms. The van der Waals surface area contributed by atoms with Crippen LogP contribution in [0, 0.1) is 0 Å². The molecule has 0 spiro atoms. The average molecular weight is 593 g/mol. The molecule has 1 fully saturated rings. The van der Waals surface area contributed by atoms with Crippen molar-refractivity contribution in [3.8, 4) is 11.4 Å². The lowest BCUT2D eigenvalue weighted by Gasteiger charge is -2.34. The van der Waals surface area contributed by atoms with Crippen molar-refractivity contribution in [1.82, 2.24) is 20.0 Å². The van der Waals surface area contributed by atoms with Crippen LogP contribution in [0.1, 0.15) is 61.1 Å². The van der Waals surface area contributed by atoms with E-state index in [1.165, 1.54) is 18.3 Å². The molecule has 1 saturated heterocycles.